The number of aliphatic carboxylic acids is 1. The molecule has 6 nitrogen and oxygen atoms in total. The number of rotatable bonds is 3. The Hall–Kier alpha value is -1.95. The topological polar surface area (TPSA) is 88.5 Å². The Kier molecular flexibility index (Phi) is 3.29. The first kappa shape index (κ1) is 12.5. The maximum absolute atomic E-state index is 11.9. The van der Waals surface area contributed by atoms with Gasteiger partial charge in [-0.1, -0.05) is 6.07 Å². The molecule has 1 aliphatic rings. The number of hydrogen-bond donors (Lipinski definition) is 2. The predicted molar refractivity (Wildman–Crippen MR) is 62.1 cm³/mol. The first-order chi connectivity index (χ1) is 8.54. The van der Waals surface area contributed by atoms with E-state index in [1.807, 2.05) is 0 Å². The maximum Gasteiger partial charge on any atom is 0.313 e. The molecule has 1 aromatic rings. The molecule has 0 aliphatic carbocycles. The van der Waals surface area contributed by atoms with Crippen LogP contribution in [0, 0.1) is 5.41 Å². The summed E-state index contributed by atoms with van der Waals surface area (Å²) in [4.78, 5) is 27.0. The molecule has 2 heterocycles. The van der Waals surface area contributed by atoms with Crippen molar-refractivity contribution in [2.75, 3.05) is 13.2 Å². The van der Waals surface area contributed by atoms with Crippen LogP contribution in [-0.2, 0) is 9.53 Å². The van der Waals surface area contributed by atoms with E-state index in [0.717, 1.165) is 0 Å². The summed E-state index contributed by atoms with van der Waals surface area (Å²) in [5.74, 6) is -1.37. The highest BCUT2D eigenvalue weighted by Gasteiger charge is 2.47. The van der Waals surface area contributed by atoms with Gasteiger partial charge in [0, 0.05) is 6.20 Å². The lowest BCUT2D eigenvalue weighted by Gasteiger charge is -2.25. The number of aromatic nitrogens is 1. The van der Waals surface area contributed by atoms with E-state index in [0.29, 0.717) is 0 Å². The number of nitrogens with one attached hydrogen (secondary N) is 1. The number of carbonyl (C=O) groups is 2. The van der Waals surface area contributed by atoms with Gasteiger partial charge in [-0.3, -0.25) is 14.6 Å². The standard InChI is InChI=1S/C12H14N2O4/c1-12(11(16)17)7-18-6-9(12)14-10(15)8-4-2-3-5-13-8/h2-5,9H,6-7H2,1H3,(H,14,15)(H,16,17). The lowest BCUT2D eigenvalue weighted by Crippen LogP contribution is -2.49. The Balaban J connectivity index is 2.10. The smallest absolute Gasteiger partial charge is 0.313 e. The highest BCUT2D eigenvalue weighted by atomic mass is 16.5. The van der Waals surface area contributed by atoms with Gasteiger partial charge >= 0.3 is 5.97 Å². The Morgan fingerprint density at radius 2 is 2.33 bits per heavy atom. The van der Waals surface area contributed by atoms with Gasteiger partial charge < -0.3 is 15.2 Å². The predicted octanol–water partition coefficient (Wildman–Crippen LogP) is 0.301. The van der Waals surface area contributed by atoms with E-state index in [9.17, 15) is 14.7 Å². The minimum atomic E-state index is -1.09. The fourth-order valence-electron chi connectivity index (χ4n) is 1.81. The molecular formula is C12H14N2O4. The number of carboxylic acids is 1. The Bertz CT molecular complexity index is 462. The summed E-state index contributed by atoms with van der Waals surface area (Å²) in [6, 6.07) is 4.42. The second-order valence-electron chi connectivity index (χ2n) is 4.48. The molecule has 0 radical (unpaired) electrons. The zero-order chi connectivity index (χ0) is 13.2. The number of pyridine rings is 1. The quantitative estimate of drug-likeness (QED) is 0.805. The first-order valence-electron chi connectivity index (χ1n) is 5.57. The van der Waals surface area contributed by atoms with Gasteiger partial charge in [0.25, 0.3) is 5.91 Å². The normalized spacial score (nSPS) is 26.8. The van der Waals surface area contributed by atoms with Crippen LogP contribution in [0.2, 0.25) is 0 Å². The van der Waals surface area contributed by atoms with Crippen molar-refractivity contribution in [3.05, 3.63) is 30.1 Å². The summed E-state index contributed by atoms with van der Waals surface area (Å²) in [7, 11) is 0. The second kappa shape index (κ2) is 4.73. The van der Waals surface area contributed by atoms with Crippen LogP contribution < -0.4 is 5.32 Å². The summed E-state index contributed by atoms with van der Waals surface area (Å²) in [5, 5.41) is 11.8. The lowest BCUT2D eigenvalue weighted by molar-refractivity contribution is -0.148. The molecule has 1 fully saturated rings. The molecule has 1 aromatic heterocycles. The van der Waals surface area contributed by atoms with Gasteiger partial charge in [-0.2, -0.15) is 0 Å². The average Bonchev–Trinajstić information content (AvgIpc) is 2.73. The van der Waals surface area contributed by atoms with Crippen molar-refractivity contribution in [3.63, 3.8) is 0 Å². The van der Waals surface area contributed by atoms with Gasteiger partial charge in [-0.05, 0) is 19.1 Å². The van der Waals surface area contributed by atoms with Crippen LogP contribution >= 0.6 is 0 Å². The summed E-state index contributed by atoms with van der Waals surface area (Å²) in [6.45, 7) is 1.85. The van der Waals surface area contributed by atoms with Crippen LogP contribution in [0.1, 0.15) is 17.4 Å². The van der Waals surface area contributed by atoms with Gasteiger partial charge in [0.15, 0.2) is 0 Å². The van der Waals surface area contributed by atoms with Crippen molar-refractivity contribution in [3.8, 4) is 0 Å². The molecule has 0 saturated carbocycles. The lowest BCUT2D eigenvalue weighted by atomic mass is 9.85. The molecule has 0 aromatic carbocycles. The fraction of sp³-hybridized carbons (Fsp3) is 0.417. The third kappa shape index (κ3) is 2.19. The monoisotopic (exact) mass is 250 g/mol. The van der Waals surface area contributed by atoms with Crippen molar-refractivity contribution in [1.82, 2.24) is 10.3 Å². The molecule has 96 valence electrons. The van der Waals surface area contributed by atoms with E-state index in [-0.39, 0.29) is 18.9 Å². The van der Waals surface area contributed by atoms with Crippen molar-refractivity contribution in [2.45, 2.75) is 13.0 Å². The number of amides is 1. The van der Waals surface area contributed by atoms with Crippen molar-refractivity contribution < 1.29 is 19.4 Å². The van der Waals surface area contributed by atoms with Gasteiger partial charge in [0.05, 0.1) is 19.3 Å². The van der Waals surface area contributed by atoms with Gasteiger partial charge in [-0.15, -0.1) is 0 Å². The molecule has 1 aliphatic heterocycles. The molecule has 1 saturated heterocycles. The molecule has 18 heavy (non-hydrogen) atoms. The summed E-state index contributed by atoms with van der Waals surface area (Å²) in [5.41, 5.74) is -0.832. The molecular weight excluding hydrogens is 236 g/mol. The highest BCUT2D eigenvalue weighted by molar-refractivity contribution is 5.93. The van der Waals surface area contributed by atoms with E-state index in [2.05, 4.69) is 10.3 Å². The Morgan fingerprint density at radius 1 is 1.56 bits per heavy atom. The van der Waals surface area contributed by atoms with Gasteiger partial charge in [0.2, 0.25) is 0 Å². The van der Waals surface area contributed by atoms with E-state index >= 15 is 0 Å². The average molecular weight is 250 g/mol. The third-order valence-corrected chi connectivity index (χ3v) is 3.15. The first-order valence-corrected chi connectivity index (χ1v) is 5.57. The Labute approximate surface area is 104 Å². The molecule has 2 atom stereocenters. The second-order valence-corrected chi connectivity index (χ2v) is 4.48. The van der Waals surface area contributed by atoms with Crippen molar-refractivity contribution >= 4 is 11.9 Å². The highest BCUT2D eigenvalue weighted by Crippen LogP contribution is 2.28. The summed E-state index contributed by atoms with van der Waals surface area (Å²) >= 11 is 0. The molecule has 6 heteroatoms. The number of carbonyl (C=O) groups excluding carboxylic acids is 1. The number of ether oxygens (including phenoxy) is 1. The van der Waals surface area contributed by atoms with E-state index in [1.54, 1.807) is 25.1 Å². The molecule has 0 bridgehead atoms. The van der Waals surface area contributed by atoms with E-state index < -0.39 is 23.3 Å². The summed E-state index contributed by atoms with van der Waals surface area (Å²) < 4.78 is 5.15. The largest absolute Gasteiger partial charge is 0.481 e. The zero-order valence-corrected chi connectivity index (χ0v) is 9.92. The van der Waals surface area contributed by atoms with Crippen LogP contribution in [-0.4, -0.2) is 41.2 Å². The molecule has 0 spiro atoms. The number of carboxylic acid groups (broad SMARTS) is 1. The minimum absolute atomic E-state index is 0.0928. The summed E-state index contributed by atoms with van der Waals surface area (Å²) in [6.07, 6.45) is 1.51. The van der Waals surface area contributed by atoms with Gasteiger partial charge in [-0.25, -0.2) is 0 Å². The third-order valence-electron chi connectivity index (χ3n) is 3.15. The van der Waals surface area contributed by atoms with Crippen LogP contribution in [0.5, 0.6) is 0 Å². The van der Waals surface area contributed by atoms with E-state index in [4.69, 9.17) is 4.74 Å². The van der Waals surface area contributed by atoms with Crippen LogP contribution in [0.15, 0.2) is 24.4 Å². The maximum atomic E-state index is 11.9. The Morgan fingerprint density at radius 3 is 2.94 bits per heavy atom. The molecule has 2 rings (SSSR count). The molecule has 2 unspecified atom stereocenters. The van der Waals surface area contributed by atoms with Gasteiger partial charge in [0.1, 0.15) is 11.1 Å². The number of nitrogens with zero attached hydrogens (tertiary/aromatic N) is 1. The molecule has 2 N–H and O–H groups in total. The van der Waals surface area contributed by atoms with Crippen LogP contribution in [0.3, 0.4) is 0 Å². The zero-order valence-electron chi connectivity index (χ0n) is 9.92. The van der Waals surface area contributed by atoms with Crippen molar-refractivity contribution in [1.29, 1.82) is 0 Å². The van der Waals surface area contributed by atoms with E-state index in [1.165, 1.54) is 6.20 Å². The fourth-order valence-corrected chi connectivity index (χ4v) is 1.81. The number of hydrogen-bond acceptors (Lipinski definition) is 4. The minimum Gasteiger partial charge on any atom is -0.481 e. The van der Waals surface area contributed by atoms with Crippen LogP contribution in [0.25, 0.3) is 0 Å². The van der Waals surface area contributed by atoms with Crippen LogP contribution in [0.4, 0.5) is 0 Å². The molecule has 1 amide bonds. The SMILES string of the molecule is CC1(C(=O)O)COCC1NC(=O)c1ccccn1. The van der Waals surface area contributed by atoms with Crippen molar-refractivity contribution in [2.24, 2.45) is 5.41 Å².